The number of para-hydroxylation sites is 1. The smallest absolute Gasteiger partial charge is 0.141 e. The molecule has 0 aliphatic heterocycles. The van der Waals surface area contributed by atoms with E-state index in [1.807, 2.05) is 18.2 Å². The quantitative estimate of drug-likeness (QED) is 0.765. The van der Waals surface area contributed by atoms with Crippen molar-refractivity contribution in [1.29, 1.82) is 0 Å². The van der Waals surface area contributed by atoms with Crippen LogP contribution in [0.1, 0.15) is 25.5 Å². The molecule has 3 rings (SSSR count). The third-order valence-electron chi connectivity index (χ3n) is 3.32. The van der Waals surface area contributed by atoms with Crippen LogP contribution in [0, 0.1) is 0 Å². The highest BCUT2D eigenvalue weighted by molar-refractivity contribution is 5.84. The minimum absolute atomic E-state index is 0.260. The van der Waals surface area contributed by atoms with Gasteiger partial charge in [0, 0.05) is 16.5 Å². The highest BCUT2D eigenvalue weighted by Gasteiger charge is 2.40. The van der Waals surface area contributed by atoms with Crippen LogP contribution in [0.25, 0.3) is 10.9 Å². The summed E-state index contributed by atoms with van der Waals surface area (Å²) < 4.78 is 0. The summed E-state index contributed by atoms with van der Waals surface area (Å²) in [6.07, 6.45) is 2.41. The zero-order valence-corrected chi connectivity index (χ0v) is 8.70. The van der Waals surface area contributed by atoms with Gasteiger partial charge in [0.2, 0.25) is 0 Å². The minimum atomic E-state index is 0.260. The number of nitrogens with zero attached hydrogens (tertiary/aromatic N) is 1. The van der Waals surface area contributed by atoms with E-state index in [-0.39, 0.29) is 11.2 Å². The van der Waals surface area contributed by atoms with Gasteiger partial charge in [-0.1, -0.05) is 25.1 Å². The summed E-state index contributed by atoms with van der Waals surface area (Å²) in [5.41, 5.74) is 2.09. The largest absolute Gasteiger partial charge is 0.506 e. The maximum absolute atomic E-state index is 9.72. The second kappa shape index (κ2) is 2.72. The third-order valence-corrected chi connectivity index (χ3v) is 3.32. The fourth-order valence-corrected chi connectivity index (χ4v) is 1.91. The summed E-state index contributed by atoms with van der Waals surface area (Å²) in [5.74, 6) is 0.276. The van der Waals surface area contributed by atoms with Gasteiger partial charge in [-0.2, -0.15) is 0 Å². The summed E-state index contributed by atoms with van der Waals surface area (Å²) in [6, 6.07) is 9.63. The van der Waals surface area contributed by atoms with Crippen LogP contribution in [0.3, 0.4) is 0 Å². The normalized spacial score (nSPS) is 17.9. The standard InChI is InChI=1S/C13H13NO/c1-13(7-8-13)11-6-5-9-3-2-4-10(15)12(9)14-11/h2-6,15H,7-8H2,1H3. The predicted molar refractivity (Wildman–Crippen MR) is 60.0 cm³/mol. The first-order chi connectivity index (χ1) is 7.19. The maximum atomic E-state index is 9.72. The van der Waals surface area contributed by atoms with Gasteiger partial charge in [0.1, 0.15) is 11.3 Å². The number of pyridine rings is 1. The first-order valence-corrected chi connectivity index (χ1v) is 5.28. The van der Waals surface area contributed by atoms with Crippen molar-refractivity contribution in [3.63, 3.8) is 0 Å². The Morgan fingerprint density at radius 2 is 2.00 bits per heavy atom. The lowest BCUT2D eigenvalue weighted by atomic mass is 10.0. The number of hydrogen-bond acceptors (Lipinski definition) is 2. The molecule has 0 unspecified atom stereocenters. The Labute approximate surface area is 88.6 Å². The Kier molecular flexibility index (Phi) is 1.58. The zero-order valence-electron chi connectivity index (χ0n) is 8.70. The van der Waals surface area contributed by atoms with E-state index < -0.39 is 0 Å². The SMILES string of the molecule is CC1(c2ccc3cccc(O)c3n2)CC1. The molecular formula is C13H13NO. The molecule has 15 heavy (non-hydrogen) atoms. The average Bonchev–Trinajstić information content (AvgIpc) is 2.98. The lowest BCUT2D eigenvalue weighted by molar-refractivity contribution is 0.480. The van der Waals surface area contributed by atoms with Crippen molar-refractivity contribution in [3.05, 3.63) is 36.0 Å². The van der Waals surface area contributed by atoms with Crippen molar-refractivity contribution in [3.8, 4) is 5.75 Å². The van der Waals surface area contributed by atoms with E-state index in [1.165, 1.54) is 12.8 Å². The van der Waals surface area contributed by atoms with Gasteiger partial charge in [-0.05, 0) is 25.0 Å². The molecule has 0 atom stereocenters. The van der Waals surface area contributed by atoms with Crippen molar-refractivity contribution in [2.24, 2.45) is 0 Å². The Hall–Kier alpha value is -1.57. The molecule has 1 saturated carbocycles. The van der Waals surface area contributed by atoms with E-state index in [0.29, 0.717) is 0 Å². The molecule has 0 radical (unpaired) electrons. The molecule has 0 spiro atoms. The molecule has 2 heteroatoms. The topological polar surface area (TPSA) is 33.1 Å². The van der Waals surface area contributed by atoms with E-state index in [0.717, 1.165) is 16.6 Å². The van der Waals surface area contributed by atoms with Crippen LogP contribution < -0.4 is 0 Å². The van der Waals surface area contributed by atoms with Crippen molar-refractivity contribution >= 4 is 10.9 Å². The van der Waals surface area contributed by atoms with Gasteiger partial charge in [-0.25, -0.2) is 4.98 Å². The van der Waals surface area contributed by atoms with Crippen LogP contribution in [0.5, 0.6) is 5.75 Å². The Morgan fingerprint density at radius 1 is 1.20 bits per heavy atom. The summed E-state index contributed by atoms with van der Waals surface area (Å²) in [5, 5.41) is 10.7. The predicted octanol–water partition coefficient (Wildman–Crippen LogP) is 2.99. The summed E-state index contributed by atoms with van der Waals surface area (Å²) in [7, 11) is 0. The van der Waals surface area contributed by atoms with Gasteiger partial charge in [-0.3, -0.25) is 0 Å². The van der Waals surface area contributed by atoms with Crippen molar-refractivity contribution in [1.82, 2.24) is 4.98 Å². The Morgan fingerprint density at radius 3 is 2.73 bits per heavy atom. The number of hydrogen-bond donors (Lipinski definition) is 1. The number of aromatic nitrogens is 1. The van der Waals surface area contributed by atoms with Crippen LogP contribution in [0.4, 0.5) is 0 Å². The van der Waals surface area contributed by atoms with E-state index >= 15 is 0 Å². The second-order valence-corrected chi connectivity index (χ2v) is 4.61. The number of rotatable bonds is 1. The minimum Gasteiger partial charge on any atom is -0.506 e. The second-order valence-electron chi connectivity index (χ2n) is 4.61. The molecule has 1 aliphatic carbocycles. The Balaban J connectivity index is 2.25. The molecule has 1 aromatic carbocycles. The lowest BCUT2D eigenvalue weighted by Gasteiger charge is -2.09. The molecular weight excluding hydrogens is 186 g/mol. The molecule has 1 aromatic heterocycles. The van der Waals surface area contributed by atoms with Crippen molar-refractivity contribution < 1.29 is 5.11 Å². The molecule has 2 nitrogen and oxygen atoms in total. The van der Waals surface area contributed by atoms with E-state index in [4.69, 9.17) is 0 Å². The fourth-order valence-electron chi connectivity index (χ4n) is 1.91. The maximum Gasteiger partial charge on any atom is 0.141 e. The first-order valence-electron chi connectivity index (χ1n) is 5.28. The van der Waals surface area contributed by atoms with Gasteiger partial charge in [0.05, 0.1) is 0 Å². The molecule has 1 heterocycles. The van der Waals surface area contributed by atoms with Gasteiger partial charge >= 0.3 is 0 Å². The van der Waals surface area contributed by atoms with Gasteiger partial charge in [0.15, 0.2) is 0 Å². The molecule has 76 valence electrons. The molecule has 1 fully saturated rings. The highest BCUT2D eigenvalue weighted by Crippen LogP contribution is 2.47. The van der Waals surface area contributed by atoms with Crippen LogP contribution >= 0.6 is 0 Å². The zero-order chi connectivity index (χ0) is 10.5. The Bertz CT molecular complexity index is 529. The van der Waals surface area contributed by atoms with Crippen LogP contribution in [0.2, 0.25) is 0 Å². The molecule has 0 bridgehead atoms. The van der Waals surface area contributed by atoms with E-state index in [2.05, 4.69) is 18.0 Å². The average molecular weight is 199 g/mol. The molecule has 1 aliphatic rings. The van der Waals surface area contributed by atoms with Crippen molar-refractivity contribution in [2.45, 2.75) is 25.2 Å². The molecule has 0 saturated heterocycles. The monoisotopic (exact) mass is 199 g/mol. The van der Waals surface area contributed by atoms with Crippen molar-refractivity contribution in [2.75, 3.05) is 0 Å². The van der Waals surface area contributed by atoms with Crippen LogP contribution in [-0.4, -0.2) is 10.1 Å². The number of phenolic OH excluding ortho intramolecular Hbond substituents is 1. The summed E-state index contributed by atoms with van der Waals surface area (Å²) in [6.45, 7) is 2.22. The lowest BCUT2D eigenvalue weighted by Crippen LogP contribution is -2.02. The number of aromatic hydroxyl groups is 1. The third kappa shape index (κ3) is 1.29. The molecule has 0 amide bonds. The number of phenols is 1. The number of benzene rings is 1. The molecule has 1 N–H and O–H groups in total. The van der Waals surface area contributed by atoms with Crippen LogP contribution in [0.15, 0.2) is 30.3 Å². The van der Waals surface area contributed by atoms with Gasteiger partial charge in [0.25, 0.3) is 0 Å². The first kappa shape index (κ1) is 8.72. The summed E-state index contributed by atoms with van der Waals surface area (Å²) >= 11 is 0. The van der Waals surface area contributed by atoms with Gasteiger partial charge in [-0.15, -0.1) is 0 Å². The number of fused-ring (bicyclic) bond motifs is 1. The van der Waals surface area contributed by atoms with Gasteiger partial charge < -0.3 is 5.11 Å². The fraction of sp³-hybridized carbons (Fsp3) is 0.308. The van der Waals surface area contributed by atoms with E-state index in [9.17, 15) is 5.11 Å². The molecule has 2 aromatic rings. The summed E-state index contributed by atoms with van der Waals surface area (Å²) in [4.78, 5) is 4.56. The van der Waals surface area contributed by atoms with E-state index in [1.54, 1.807) is 6.07 Å². The van der Waals surface area contributed by atoms with Crippen LogP contribution in [-0.2, 0) is 5.41 Å². The highest BCUT2D eigenvalue weighted by atomic mass is 16.3.